The van der Waals surface area contributed by atoms with E-state index in [4.69, 9.17) is 18.9 Å². The summed E-state index contributed by atoms with van der Waals surface area (Å²) in [6.45, 7) is 5.28. The molecule has 11 heteroatoms. The molecule has 0 fully saturated rings. The third kappa shape index (κ3) is 12.4. The van der Waals surface area contributed by atoms with E-state index in [9.17, 15) is 24.0 Å². The topological polar surface area (TPSA) is 146 Å². The van der Waals surface area contributed by atoms with Crippen LogP contribution in [0, 0.1) is 0 Å². The number of carbonyl (C=O) groups is 5. The number of hydrogen-bond acceptors (Lipinski definition) is 9. The van der Waals surface area contributed by atoms with Crippen LogP contribution < -0.4 is 10.6 Å². The van der Waals surface area contributed by atoms with Crippen molar-refractivity contribution >= 4 is 29.9 Å². The molecule has 0 spiro atoms. The number of alkyl carbamates (subject to hydrolysis) is 1. The van der Waals surface area contributed by atoms with Crippen LogP contribution in [-0.2, 0) is 44.7 Å². The zero-order valence-corrected chi connectivity index (χ0v) is 20.4. The fourth-order valence-electron chi connectivity index (χ4n) is 2.93. The lowest BCUT2D eigenvalue weighted by atomic mass is 10.1. The van der Waals surface area contributed by atoms with Crippen LogP contribution in [0.5, 0.6) is 0 Å². The van der Waals surface area contributed by atoms with Crippen molar-refractivity contribution in [2.24, 2.45) is 0 Å². The minimum atomic E-state index is -1.13. The Bertz CT molecular complexity index is 830. The van der Waals surface area contributed by atoms with Gasteiger partial charge >= 0.3 is 24.0 Å². The summed E-state index contributed by atoms with van der Waals surface area (Å²) >= 11 is 0. The summed E-state index contributed by atoms with van der Waals surface area (Å²) in [6.07, 6.45) is -1.24. The van der Waals surface area contributed by atoms with E-state index >= 15 is 0 Å². The van der Waals surface area contributed by atoms with Gasteiger partial charge in [0.2, 0.25) is 5.91 Å². The van der Waals surface area contributed by atoms with Crippen molar-refractivity contribution in [3.8, 4) is 0 Å². The Morgan fingerprint density at radius 1 is 0.714 bits per heavy atom. The fourth-order valence-corrected chi connectivity index (χ4v) is 2.93. The quantitative estimate of drug-likeness (QED) is 0.211. The van der Waals surface area contributed by atoms with Crippen LogP contribution in [0.2, 0.25) is 0 Å². The number of benzene rings is 1. The van der Waals surface area contributed by atoms with E-state index in [2.05, 4.69) is 10.6 Å². The third-order valence-electron chi connectivity index (χ3n) is 4.58. The first-order valence-corrected chi connectivity index (χ1v) is 11.6. The minimum absolute atomic E-state index is 0.00436. The average Bonchev–Trinajstić information content (AvgIpc) is 2.84. The van der Waals surface area contributed by atoms with E-state index in [-0.39, 0.29) is 52.1 Å². The second-order valence-corrected chi connectivity index (χ2v) is 7.27. The summed E-state index contributed by atoms with van der Waals surface area (Å²) in [4.78, 5) is 60.7. The van der Waals surface area contributed by atoms with Gasteiger partial charge in [0.1, 0.15) is 18.7 Å². The normalized spacial score (nSPS) is 12.0. The number of hydrogen-bond donors (Lipinski definition) is 2. The Kier molecular flexibility index (Phi) is 14.2. The maximum atomic E-state index is 12.5. The molecular formula is C24H34N2O9. The molecule has 2 N–H and O–H groups in total. The lowest BCUT2D eigenvalue weighted by molar-refractivity contribution is -0.149. The second-order valence-electron chi connectivity index (χ2n) is 7.27. The Balaban J connectivity index is 2.67. The van der Waals surface area contributed by atoms with E-state index < -0.39 is 42.0 Å². The van der Waals surface area contributed by atoms with Crippen LogP contribution in [0.1, 0.15) is 52.0 Å². The molecule has 0 aliphatic heterocycles. The minimum Gasteiger partial charge on any atom is -0.466 e. The molecule has 35 heavy (non-hydrogen) atoms. The summed E-state index contributed by atoms with van der Waals surface area (Å²) in [5.41, 5.74) is 0.766. The fraction of sp³-hybridized carbons (Fsp3) is 0.542. The second kappa shape index (κ2) is 16.9. The molecule has 0 radical (unpaired) electrons. The maximum Gasteiger partial charge on any atom is 0.408 e. The van der Waals surface area contributed by atoms with Gasteiger partial charge < -0.3 is 29.6 Å². The molecule has 0 heterocycles. The van der Waals surface area contributed by atoms with Crippen LogP contribution in [0.15, 0.2) is 30.3 Å². The SMILES string of the molecule is CCOC(=O)CC[C@H]([15NH]C(=O)CC[C@H]([15NH]C(=O)OCc1ccccc1)C(=O)OCC)C(=O)OCC. The predicted molar refractivity (Wildman–Crippen MR) is 124 cm³/mol. The van der Waals surface area contributed by atoms with Crippen LogP contribution in [0.3, 0.4) is 0 Å². The van der Waals surface area contributed by atoms with Gasteiger partial charge in [0, 0.05) is 12.8 Å². The standard InChI is InChI=1S/C24H34N2O9/c1-4-32-21(28)15-13-18(22(29)33-5-2)25-20(27)14-12-19(23(30)34-6-3)26-24(31)35-16-17-10-8-7-9-11-17/h7-11,18-19H,4-6,12-16H2,1-3H3,(H,25,27)(H,26,31)/t18-,19-/m0/s1/i25+1,26+1. The number of amides is 2. The largest absolute Gasteiger partial charge is 0.466 e. The van der Waals surface area contributed by atoms with E-state index in [1.807, 2.05) is 6.07 Å². The van der Waals surface area contributed by atoms with Gasteiger partial charge in [-0.1, -0.05) is 30.3 Å². The summed E-state index contributed by atoms with van der Waals surface area (Å²) < 4.78 is 19.9. The molecule has 2 amide bonds. The highest BCUT2D eigenvalue weighted by Gasteiger charge is 2.27. The summed E-state index contributed by atoms with van der Waals surface area (Å²) in [6, 6.07) is 6.79. The summed E-state index contributed by atoms with van der Waals surface area (Å²) in [7, 11) is 0. The van der Waals surface area contributed by atoms with E-state index in [1.54, 1.807) is 45.0 Å². The Labute approximate surface area is 204 Å². The number of nitrogens with one attached hydrogen (secondary N) is 2. The molecular weight excluding hydrogens is 462 g/mol. The average molecular weight is 497 g/mol. The molecule has 1 rings (SSSR count). The number of carbonyl (C=O) groups excluding carboxylic acids is 5. The maximum absolute atomic E-state index is 12.5. The first-order valence-electron chi connectivity index (χ1n) is 11.6. The Morgan fingerprint density at radius 3 is 1.83 bits per heavy atom. The zero-order chi connectivity index (χ0) is 26.1. The molecule has 0 aliphatic rings. The van der Waals surface area contributed by atoms with Gasteiger partial charge in [-0.15, -0.1) is 0 Å². The van der Waals surface area contributed by atoms with Crippen molar-refractivity contribution in [2.75, 3.05) is 19.8 Å². The molecule has 194 valence electrons. The smallest absolute Gasteiger partial charge is 0.408 e. The van der Waals surface area contributed by atoms with Gasteiger partial charge in [0.05, 0.1) is 19.8 Å². The number of esters is 3. The highest BCUT2D eigenvalue weighted by molar-refractivity contribution is 5.86. The highest BCUT2D eigenvalue weighted by atomic mass is 16.6. The molecule has 1 aromatic carbocycles. The van der Waals surface area contributed by atoms with Gasteiger partial charge in [-0.05, 0) is 39.2 Å². The van der Waals surface area contributed by atoms with Crippen LogP contribution in [-0.4, -0.2) is 61.8 Å². The van der Waals surface area contributed by atoms with Gasteiger partial charge in [0.15, 0.2) is 0 Å². The van der Waals surface area contributed by atoms with E-state index in [1.165, 1.54) is 0 Å². The monoisotopic (exact) mass is 496 g/mol. The third-order valence-corrected chi connectivity index (χ3v) is 4.58. The van der Waals surface area contributed by atoms with Crippen molar-refractivity contribution in [3.63, 3.8) is 0 Å². The van der Waals surface area contributed by atoms with E-state index in [0.717, 1.165) is 5.56 Å². The van der Waals surface area contributed by atoms with Crippen molar-refractivity contribution in [1.82, 2.24) is 10.6 Å². The number of ether oxygens (including phenoxy) is 4. The molecule has 0 saturated carbocycles. The molecule has 0 unspecified atom stereocenters. The Morgan fingerprint density at radius 2 is 1.26 bits per heavy atom. The number of rotatable bonds is 15. The predicted octanol–water partition coefficient (Wildman–Crippen LogP) is 2.02. The van der Waals surface area contributed by atoms with Crippen LogP contribution in [0.25, 0.3) is 0 Å². The molecule has 0 bridgehead atoms. The van der Waals surface area contributed by atoms with Gasteiger partial charge in [-0.3, -0.25) is 9.59 Å². The lowest BCUT2D eigenvalue weighted by Crippen LogP contribution is -2.45. The van der Waals surface area contributed by atoms with Crippen molar-refractivity contribution in [2.45, 2.75) is 65.1 Å². The van der Waals surface area contributed by atoms with Gasteiger partial charge in [-0.25, -0.2) is 14.4 Å². The van der Waals surface area contributed by atoms with Crippen molar-refractivity contribution in [1.29, 1.82) is 0 Å². The highest BCUT2D eigenvalue weighted by Crippen LogP contribution is 2.07. The molecule has 1 aromatic rings. The Hall–Kier alpha value is -3.63. The van der Waals surface area contributed by atoms with E-state index in [0.29, 0.717) is 0 Å². The summed E-state index contributed by atoms with van der Waals surface area (Å²) in [5, 5.41) is 4.92. The molecule has 0 aliphatic carbocycles. The lowest BCUT2D eigenvalue weighted by Gasteiger charge is -2.19. The molecule has 0 saturated heterocycles. The van der Waals surface area contributed by atoms with Gasteiger partial charge in [-0.2, -0.15) is 0 Å². The first kappa shape index (κ1) is 29.4. The first-order chi connectivity index (χ1) is 16.8. The van der Waals surface area contributed by atoms with Gasteiger partial charge in [0.25, 0.3) is 0 Å². The molecule has 2 atom stereocenters. The van der Waals surface area contributed by atoms with Crippen molar-refractivity contribution in [3.05, 3.63) is 35.9 Å². The van der Waals surface area contributed by atoms with Crippen LogP contribution >= 0.6 is 0 Å². The molecule has 11 nitrogen and oxygen atoms in total. The van der Waals surface area contributed by atoms with Crippen LogP contribution in [0.4, 0.5) is 4.79 Å². The molecule has 0 aromatic heterocycles. The zero-order valence-electron chi connectivity index (χ0n) is 20.4. The summed E-state index contributed by atoms with van der Waals surface area (Å²) in [5.74, 6) is -2.48. The van der Waals surface area contributed by atoms with Crippen molar-refractivity contribution < 1.29 is 42.9 Å².